The van der Waals surface area contributed by atoms with Crippen molar-refractivity contribution >= 4 is 57.1 Å². The zero-order chi connectivity index (χ0) is 37.5. The van der Waals surface area contributed by atoms with E-state index in [9.17, 15) is 52.1 Å². The van der Waals surface area contributed by atoms with Crippen LogP contribution < -0.4 is 37.0 Å². The highest BCUT2D eigenvalue weighted by Crippen LogP contribution is 2.16. The number of hydrogen-bond donors (Lipinski definition) is 8. The van der Waals surface area contributed by atoms with Crippen molar-refractivity contribution in [3.63, 3.8) is 0 Å². The molecule has 20 nitrogen and oxygen atoms in total. The van der Waals surface area contributed by atoms with Crippen LogP contribution >= 0.6 is 0 Å². The number of carbonyl (C=O) groups excluding carboxylic acids is 6. The van der Waals surface area contributed by atoms with E-state index in [1.807, 2.05) is 0 Å². The minimum atomic E-state index is -4.03. The van der Waals surface area contributed by atoms with Crippen LogP contribution in [0, 0.1) is 16.0 Å². The van der Waals surface area contributed by atoms with Crippen molar-refractivity contribution in [2.45, 2.75) is 82.4 Å². The fourth-order valence-electron chi connectivity index (χ4n) is 4.12. The number of unbranched alkanes of at least 4 members (excludes halogenated alkanes) is 1. The van der Waals surface area contributed by atoms with Gasteiger partial charge < -0.3 is 37.4 Å². The summed E-state index contributed by atoms with van der Waals surface area (Å²) < 4.78 is 27.5. The van der Waals surface area contributed by atoms with Gasteiger partial charge in [0, 0.05) is 25.6 Å². The first-order valence-corrected chi connectivity index (χ1v) is 16.4. The molecular formula is C28H42N8O12S. The second-order valence-corrected chi connectivity index (χ2v) is 13.0. The molecule has 1 rings (SSSR count). The monoisotopic (exact) mass is 714 g/mol. The van der Waals surface area contributed by atoms with Crippen molar-refractivity contribution in [3.05, 3.63) is 34.4 Å². The molecule has 0 aliphatic rings. The number of hydrogen-bond acceptors (Lipinski definition) is 11. The van der Waals surface area contributed by atoms with Crippen LogP contribution in [0.5, 0.6) is 0 Å². The zero-order valence-electron chi connectivity index (χ0n) is 27.3. The maximum Gasteiger partial charge on any atom is 0.325 e. The van der Waals surface area contributed by atoms with Gasteiger partial charge in [-0.3, -0.25) is 43.7 Å². The molecular weight excluding hydrogens is 672 g/mol. The quantitative estimate of drug-likeness (QED) is 0.0381. The van der Waals surface area contributed by atoms with E-state index in [0.717, 1.165) is 31.2 Å². The van der Waals surface area contributed by atoms with Gasteiger partial charge in [-0.1, -0.05) is 13.8 Å². The zero-order valence-corrected chi connectivity index (χ0v) is 28.1. The molecule has 0 fully saturated rings. The van der Waals surface area contributed by atoms with E-state index < -0.39 is 99.4 Å². The number of nitro groups is 1. The van der Waals surface area contributed by atoms with Crippen molar-refractivity contribution < 1.29 is 52.0 Å². The number of nitrogens with one attached hydrogen (secondary N) is 6. The van der Waals surface area contributed by atoms with Gasteiger partial charge in [0.25, 0.3) is 5.69 Å². The van der Waals surface area contributed by atoms with E-state index in [2.05, 4.69) is 31.3 Å². The predicted molar refractivity (Wildman–Crippen MR) is 171 cm³/mol. The summed E-state index contributed by atoms with van der Waals surface area (Å²) in [5, 5.41) is 31.6. The number of rotatable bonds is 21. The second-order valence-electron chi connectivity index (χ2n) is 11.2. The van der Waals surface area contributed by atoms with Crippen LogP contribution in [0.25, 0.3) is 0 Å². The third kappa shape index (κ3) is 15.1. The van der Waals surface area contributed by atoms with Crippen molar-refractivity contribution in [1.29, 1.82) is 0 Å². The maximum absolute atomic E-state index is 13.3. The summed E-state index contributed by atoms with van der Waals surface area (Å²) >= 11 is 0. The highest BCUT2D eigenvalue weighted by Gasteiger charge is 2.30. The largest absolute Gasteiger partial charge is 0.480 e. The number of carbonyl (C=O) groups is 7. The Labute approximate surface area is 281 Å². The Hall–Kier alpha value is -5.18. The van der Waals surface area contributed by atoms with Gasteiger partial charge in [-0.2, -0.15) is 0 Å². The topological polar surface area (TPSA) is 315 Å². The summed E-state index contributed by atoms with van der Waals surface area (Å²) in [6.07, 6.45) is -0.340. The van der Waals surface area contributed by atoms with E-state index >= 15 is 0 Å². The third-order valence-corrected chi connectivity index (χ3v) is 8.20. The average Bonchev–Trinajstić information content (AvgIpc) is 3.00. The second kappa shape index (κ2) is 19.6. The number of nitrogens with two attached hydrogens (primary N) is 1. The lowest BCUT2D eigenvalue weighted by atomic mass is 10.0. The van der Waals surface area contributed by atoms with Crippen molar-refractivity contribution in [3.8, 4) is 0 Å². The maximum atomic E-state index is 13.3. The Morgan fingerprint density at radius 1 is 0.878 bits per heavy atom. The number of nitro benzene ring substituents is 1. The number of sulfonamides is 1. The Kier molecular flexibility index (Phi) is 16.7. The molecule has 1 aromatic carbocycles. The Morgan fingerprint density at radius 2 is 1.49 bits per heavy atom. The minimum Gasteiger partial charge on any atom is -0.480 e. The lowest BCUT2D eigenvalue weighted by molar-refractivity contribution is -0.384. The van der Waals surface area contributed by atoms with Crippen molar-refractivity contribution in [2.24, 2.45) is 11.7 Å². The first-order chi connectivity index (χ1) is 22.7. The normalized spacial score (nSPS) is 13.6. The molecule has 272 valence electrons. The molecule has 0 unspecified atom stereocenters. The molecule has 0 saturated heterocycles. The number of carboxylic acids is 1. The highest BCUT2D eigenvalue weighted by atomic mass is 32.2. The molecule has 0 aromatic heterocycles. The molecule has 0 bridgehead atoms. The highest BCUT2D eigenvalue weighted by molar-refractivity contribution is 7.89. The van der Waals surface area contributed by atoms with Crippen molar-refractivity contribution in [2.75, 3.05) is 13.1 Å². The standard InChI is InChI=1S/C28H42N8O12S/c1-15(2)24(27(42)32-16(3)28(43)44)35-26(41)20(34-23(39)14-30-25(40)21(13-22(29)38)33-17(4)37)7-5-6-12-31-49(47,48)19-10-8-18(9-11-19)36(45)46/h8-11,15-16,20-21,24,31H,5-7,12-14H2,1-4H3,(H2,29,38)(H,30,40)(H,32,42)(H,33,37)(H,34,39)(H,35,41)(H,43,44)/t16-,20-,21-,24-/m0/s1. The molecule has 0 aliphatic heterocycles. The van der Waals surface area contributed by atoms with Crippen LogP contribution in [-0.4, -0.2) is 97.1 Å². The minimum absolute atomic E-state index is 0.0844. The van der Waals surface area contributed by atoms with Gasteiger partial charge in [-0.25, -0.2) is 13.1 Å². The van der Waals surface area contributed by atoms with Crippen LogP contribution in [0.3, 0.4) is 0 Å². The molecule has 49 heavy (non-hydrogen) atoms. The van der Waals surface area contributed by atoms with Crippen LogP contribution in [0.4, 0.5) is 5.69 Å². The summed E-state index contributed by atoms with van der Waals surface area (Å²) in [6, 6.07) is -0.959. The van der Waals surface area contributed by atoms with E-state index in [0.29, 0.717) is 0 Å². The molecule has 6 amide bonds. The molecule has 0 spiro atoms. The SMILES string of the molecule is CC(=O)N[C@@H](CC(N)=O)C(=O)NCC(=O)N[C@@H](CCCCNS(=O)(=O)c1ccc([N+](=O)[O-])cc1)C(=O)N[C@H](C(=O)N[C@@H](C)C(=O)O)C(C)C. The summed E-state index contributed by atoms with van der Waals surface area (Å²) in [7, 11) is -4.03. The van der Waals surface area contributed by atoms with E-state index in [1.54, 1.807) is 13.8 Å². The number of nitrogens with zero attached hydrogens (tertiary/aromatic N) is 1. The van der Waals surface area contributed by atoms with Crippen LogP contribution in [0.15, 0.2) is 29.2 Å². The summed E-state index contributed by atoms with van der Waals surface area (Å²) in [5.41, 5.74) is 4.82. The first-order valence-electron chi connectivity index (χ1n) is 14.9. The fourth-order valence-corrected chi connectivity index (χ4v) is 5.20. The number of amides is 6. The molecule has 1 aromatic rings. The van der Waals surface area contributed by atoms with Gasteiger partial charge >= 0.3 is 5.97 Å². The lowest BCUT2D eigenvalue weighted by Crippen LogP contribution is -2.57. The third-order valence-electron chi connectivity index (χ3n) is 6.72. The smallest absolute Gasteiger partial charge is 0.325 e. The number of carboxylic acid groups (broad SMARTS) is 1. The predicted octanol–water partition coefficient (Wildman–Crippen LogP) is -2.25. The number of benzene rings is 1. The van der Waals surface area contributed by atoms with Crippen molar-refractivity contribution in [1.82, 2.24) is 31.3 Å². The molecule has 0 saturated carbocycles. The molecule has 0 aliphatic carbocycles. The number of aliphatic carboxylic acids is 1. The van der Waals surface area contributed by atoms with Gasteiger partial charge in [-0.05, 0) is 44.2 Å². The van der Waals surface area contributed by atoms with Crippen LogP contribution in [0.2, 0.25) is 0 Å². The summed E-state index contributed by atoms with van der Waals surface area (Å²) in [4.78, 5) is 95.2. The Bertz CT molecular complexity index is 1480. The lowest BCUT2D eigenvalue weighted by Gasteiger charge is -2.26. The fraction of sp³-hybridized carbons (Fsp3) is 0.536. The first kappa shape index (κ1) is 41.8. The summed E-state index contributed by atoms with van der Waals surface area (Å²) in [6.45, 7) is 4.70. The molecule has 0 radical (unpaired) electrons. The summed E-state index contributed by atoms with van der Waals surface area (Å²) in [5.74, 6) is -6.79. The van der Waals surface area contributed by atoms with Crippen LogP contribution in [-0.2, 0) is 43.6 Å². The van der Waals surface area contributed by atoms with E-state index in [4.69, 9.17) is 10.8 Å². The van der Waals surface area contributed by atoms with Gasteiger partial charge in [0.2, 0.25) is 45.5 Å². The van der Waals surface area contributed by atoms with Gasteiger partial charge in [-0.15, -0.1) is 0 Å². The van der Waals surface area contributed by atoms with Gasteiger partial charge in [0.05, 0.1) is 22.8 Å². The molecule has 4 atom stereocenters. The van der Waals surface area contributed by atoms with E-state index in [1.165, 1.54) is 6.92 Å². The average molecular weight is 715 g/mol. The molecule has 0 heterocycles. The Balaban J connectivity index is 3.00. The molecule has 21 heteroatoms. The van der Waals surface area contributed by atoms with Gasteiger partial charge in [0.15, 0.2) is 0 Å². The molecule has 9 N–H and O–H groups in total. The van der Waals surface area contributed by atoms with Gasteiger partial charge in [0.1, 0.15) is 24.2 Å². The number of non-ortho nitro benzene ring substituents is 1. The Morgan fingerprint density at radius 3 is 2.00 bits per heavy atom. The number of primary amides is 1. The van der Waals surface area contributed by atoms with Crippen LogP contribution in [0.1, 0.15) is 53.4 Å². The van der Waals surface area contributed by atoms with E-state index in [-0.39, 0.29) is 36.4 Å².